The first-order valence-electron chi connectivity index (χ1n) is 18.4. The van der Waals surface area contributed by atoms with Crippen LogP contribution in [0.25, 0.3) is 11.3 Å². The molecule has 0 N–H and O–H groups in total. The number of carbonyl (C=O) groups is 1. The predicted molar refractivity (Wildman–Crippen MR) is 206 cm³/mol. The summed E-state index contributed by atoms with van der Waals surface area (Å²) in [5.41, 5.74) is 4.99. The molecule has 0 spiro atoms. The standard InChI is InChI=1S/C41H51N7OS/c1-7-11-16-30(9-3)26-47(27-31(10-4)17-12-8-2)41-45-37(33-22-20-28(5)21-23-33)39(50-41)44-36-29(6)34(25-42)40(49)48-38(36)43-35(46-48)24-32-18-14-13-15-19-32/h13-15,18-23,30-31H,7-12,16-17,24,26-27H2,1-6H3/b44-36-. The van der Waals surface area contributed by atoms with Crippen molar-refractivity contribution in [3.05, 3.63) is 88.5 Å². The number of aromatic nitrogens is 4. The summed E-state index contributed by atoms with van der Waals surface area (Å²) in [5, 5.41) is 16.4. The van der Waals surface area contributed by atoms with E-state index >= 15 is 0 Å². The van der Waals surface area contributed by atoms with E-state index in [2.05, 4.69) is 75.0 Å². The molecule has 0 amide bonds. The average molecular weight is 690 g/mol. The Morgan fingerprint density at radius 2 is 1.54 bits per heavy atom. The monoisotopic (exact) mass is 689 g/mol. The van der Waals surface area contributed by atoms with Crippen LogP contribution >= 0.6 is 11.3 Å². The van der Waals surface area contributed by atoms with Crippen molar-refractivity contribution in [1.82, 2.24) is 19.7 Å². The number of aryl methyl sites for hydroxylation is 1. The lowest BCUT2D eigenvalue weighted by Gasteiger charge is -2.30. The second-order valence-electron chi connectivity index (χ2n) is 13.6. The summed E-state index contributed by atoms with van der Waals surface area (Å²) in [5.74, 6) is 1.54. The lowest BCUT2D eigenvalue weighted by molar-refractivity contribution is 0.0941. The van der Waals surface area contributed by atoms with Crippen molar-refractivity contribution in [2.45, 2.75) is 99.3 Å². The highest BCUT2D eigenvalue weighted by atomic mass is 32.1. The number of carbonyl (C=O) groups excluding carboxylic acids is 1. The minimum Gasteiger partial charge on any atom is -0.347 e. The predicted octanol–water partition coefficient (Wildman–Crippen LogP) is 10.2. The fraction of sp³-hybridized carbons (Fsp3) is 0.463. The van der Waals surface area contributed by atoms with Crippen LogP contribution < -0.4 is 4.90 Å². The topological polar surface area (TPSA) is 100 Å². The van der Waals surface area contributed by atoms with Crippen molar-refractivity contribution in [2.24, 2.45) is 16.8 Å². The number of aliphatic imine (C=N–C) groups is 1. The van der Waals surface area contributed by atoms with Crippen LogP contribution in [0, 0.1) is 30.1 Å². The molecule has 3 heterocycles. The first kappa shape index (κ1) is 36.9. The molecule has 1 aliphatic rings. The Kier molecular flexibility index (Phi) is 12.9. The Morgan fingerprint density at radius 3 is 2.12 bits per heavy atom. The summed E-state index contributed by atoms with van der Waals surface area (Å²) in [6, 6.07) is 20.5. The number of allylic oxidation sites excluding steroid dienone is 2. The van der Waals surface area contributed by atoms with Crippen LogP contribution in [-0.4, -0.2) is 44.5 Å². The quantitative estimate of drug-likeness (QED) is 0.109. The van der Waals surface area contributed by atoms with Gasteiger partial charge in [0.1, 0.15) is 28.0 Å². The van der Waals surface area contributed by atoms with E-state index < -0.39 is 5.91 Å². The largest absolute Gasteiger partial charge is 0.347 e. The number of benzene rings is 2. The van der Waals surface area contributed by atoms with Crippen molar-refractivity contribution in [2.75, 3.05) is 18.0 Å². The van der Waals surface area contributed by atoms with Crippen LogP contribution in [0.4, 0.5) is 10.1 Å². The second kappa shape index (κ2) is 17.5. The summed E-state index contributed by atoms with van der Waals surface area (Å²) < 4.78 is 1.25. The van der Waals surface area contributed by atoms with Crippen LogP contribution in [0.5, 0.6) is 0 Å². The van der Waals surface area contributed by atoms with Crippen molar-refractivity contribution in [3.63, 3.8) is 0 Å². The summed E-state index contributed by atoms with van der Waals surface area (Å²) >= 11 is 1.59. The van der Waals surface area contributed by atoms with E-state index in [0.29, 0.717) is 41.2 Å². The minimum absolute atomic E-state index is 0.0269. The Labute approximate surface area is 302 Å². The molecule has 0 radical (unpaired) electrons. The van der Waals surface area contributed by atoms with Gasteiger partial charge in [-0.25, -0.2) is 15.0 Å². The molecule has 2 atom stereocenters. The Balaban J connectivity index is 1.64. The van der Waals surface area contributed by atoms with Gasteiger partial charge >= 0.3 is 0 Å². The number of anilines is 1. The fourth-order valence-electron chi connectivity index (χ4n) is 6.52. The molecule has 262 valence electrons. The zero-order chi connectivity index (χ0) is 35.6. The van der Waals surface area contributed by atoms with E-state index in [1.54, 1.807) is 18.3 Å². The summed E-state index contributed by atoms with van der Waals surface area (Å²) in [4.78, 5) is 31.4. The lowest BCUT2D eigenvalue weighted by Crippen LogP contribution is -2.34. The Morgan fingerprint density at radius 1 is 0.900 bits per heavy atom. The molecule has 9 heteroatoms. The van der Waals surface area contributed by atoms with Gasteiger partial charge in [-0.15, -0.1) is 5.10 Å². The number of rotatable bonds is 17. The third kappa shape index (κ3) is 8.65. The first-order valence-corrected chi connectivity index (χ1v) is 19.2. The van der Waals surface area contributed by atoms with Gasteiger partial charge in [0.25, 0.3) is 5.91 Å². The number of fused-ring (bicyclic) bond motifs is 1. The van der Waals surface area contributed by atoms with Gasteiger partial charge in [0.2, 0.25) is 0 Å². The van der Waals surface area contributed by atoms with E-state index in [-0.39, 0.29) is 5.57 Å². The maximum atomic E-state index is 13.5. The van der Waals surface area contributed by atoms with Crippen molar-refractivity contribution in [1.29, 1.82) is 5.26 Å². The normalized spacial score (nSPS) is 14.9. The van der Waals surface area contributed by atoms with Crippen molar-refractivity contribution >= 4 is 33.1 Å². The number of thiazole rings is 1. The molecule has 0 saturated heterocycles. The van der Waals surface area contributed by atoms with E-state index in [1.807, 2.05) is 30.3 Å². The van der Waals surface area contributed by atoms with Crippen LogP contribution in [-0.2, 0) is 6.42 Å². The Hall–Kier alpha value is -4.42. The average Bonchev–Trinajstić information content (AvgIpc) is 3.75. The zero-order valence-electron chi connectivity index (χ0n) is 30.6. The number of unbranched alkanes of at least 4 members (excludes halogenated alkanes) is 2. The second-order valence-corrected chi connectivity index (χ2v) is 14.5. The molecular weight excluding hydrogens is 639 g/mol. The van der Waals surface area contributed by atoms with Crippen molar-refractivity contribution < 1.29 is 4.79 Å². The molecule has 0 bridgehead atoms. The fourth-order valence-corrected chi connectivity index (χ4v) is 7.51. The SMILES string of the molecule is CCCCC(CC)CN(CC(CC)CCCC)c1nc(-c2ccc(C)cc2)c(/N=C2/C(C)=C(C#N)C(=O)n3nc(Cc4ccccc4)nc32)s1. The maximum absolute atomic E-state index is 13.5. The van der Waals surface area contributed by atoms with E-state index in [4.69, 9.17) is 15.0 Å². The molecule has 0 aliphatic carbocycles. The van der Waals surface area contributed by atoms with Gasteiger partial charge in [-0.2, -0.15) is 9.94 Å². The van der Waals surface area contributed by atoms with E-state index in [1.165, 1.54) is 48.8 Å². The summed E-state index contributed by atoms with van der Waals surface area (Å²) in [6.07, 6.45) is 9.97. The van der Waals surface area contributed by atoms with Gasteiger partial charge in [0.15, 0.2) is 16.8 Å². The highest BCUT2D eigenvalue weighted by molar-refractivity contribution is 7.19. The van der Waals surface area contributed by atoms with Crippen LogP contribution in [0.3, 0.4) is 0 Å². The molecule has 2 unspecified atom stereocenters. The molecule has 4 aromatic rings. The molecule has 5 rings (SSSR count). The minimum atomic E-state index is -0.476. The van der Waals surface area contributed by atoms with Crippen LogP contribution in [0.15, 0.2) is 70.7 Å². The lowest BCUT2D eigenvalue weighted by atomic mass is 9.96. The third-order valence-electron chi connectivity index (χ3n) is 9.77. The molecule has 8 nitrogen and oxygen atoms in total. The molecule has 0 saturated carbocycles. The molecule has 1 aliphatic heterocycles. The van der Waals surface area contributed by atoms with Crippen LogP contribution in [0.2, 0.25) is 0 Å². The highest BCUT2D eigenvalue weighted by Gasteiger charge is 2.33. The smallest absolute Gasteiger partial charge is 0.291 e. The zero-order valence-corrected chi connectivity index (χ0v) is 31.4. The number of nitriles is 1. The van der Waals surface area contributed by atoms with Crippen LogP contribution in [0.1, 0.15) is 114 Å². The Bertz CT molecular complexity index is 1830. The molecule has 2 aromatic carbocycles. The van der Waals surface area contributed by atoms with E-state index in [9.17, 15) is 10.1 Å². The molecular formula is C41H51N7OS. The summed E-state index contributed by atoms with van der Waals surface area (Å²) in [6.45, 7) is 14.9. The van der Waals surface area contributed by atoms with Gasteiger partial charge in [-0.3, -0.25) is 4.79 Å². The number of hydrogen-bond donors (Lipinski definition) is 0. The van der Waals surface area contributed by atoms with Gasteiger partial charge in [-0.1, -0.05) is 138 Å². The van der Waals surface area contributed by atoms with Gasteiger partial charge in [-0.05, 0) is 44.1 Å². The third-order valence-corrected chi connectivity index (χ3v) is 10.8. The molecule has 50 heavy (non-hydrogen) atoms. The number of nitrogens with zero attached hydrogens (tertiary/aromatic N) is 7. The molecule has 0 fully saturated rings. The number of hydrogen-bond acceptors (Lipinski definition) is 8. The van der Waals surface area contributed by atoms with Gasteiger partial charge in [0.05, 0.1) is 0 Å². The molecule has 2 aromatic heterocycles. The first-order chi connectivity index (χ1) is 24.3. The van der Waals surface area contributed by atoms with Crippen molar-refractivity contribution in [3.8, 4) is 17.3 Å². The maximum Gasteiger partial charge on any atom is 0.291 e. The van der Waals surface area contributed by atoms with E-state index in [0.717, 1.165) is 52.9 Å². The summed E-state index contributed by atoms with van der Waals surface area (Å²) in [7, 11) is 0. The highest BCUT2D eigenvalue weighted by Crippen LogP contribution is 2.42. The van der Waals surface area contributed by atoms with Gasteiger partial charge in [0, 0.05) is 30.6 Å². The van der Waals surface area contributed by atoms with Gasteiger partial charge < -0.3 is 4.90 Å².